The van der Waals surface area contributed by atoms with E-state index in [0.717, 1.165) is 5.56 Å². The normalized spacial score (nSPS) is 11.7. The average molecular weight is 224 g/mol. The Balaban J connectivity index is 2.38. The molecule has 0 fully saturated rings. The van der Waals surface area contributed by atoms with Gasteiger partial charge in [-0.3, -0.25) is 9.48 Å². The first kappa shape index (κ1) is 12.7. The van der Waals surface area contributed by atoms with Crippen molar-refractivity contribution in [3.05, 3.63) is 18.0 Å². The van der Waals surface area contributed by atoms with Crippen LogP contribution in [0.5, 0.6) is 0 Å². The Kier molecular flexibility index (Phi) is 4.06. The maximum absolute atomic E-state index is 10.5. The van der Waals surface area contributed by atoms with Crippen LogP contribution >= 0.6 is 0 Å². The molecule has 0 unspecified atom stereocenters. The van der Waals surface area contributed by atoms with Gasteiger partial charge in [-0.05, 0) is 20.8 Å². The number of amides is 1. The van der Waals surface area contributed by atoms with E-state index in [2.05, 4.69) is 31.2 Å². The average Bonchev–Trinajstić information content (AvgIpc) is 2.59. The van der Waals surface area contributed by atoms with Crippen molar-refractivity contribution >= 4 is 5.91 Å². The smallest absolute Gasteiger partial charge is 0.218 e. The highest BCUT2D eigenvalue weighted by Crippen LogP contribution is 2.12. The molecule has 5 heteroatoms. The number of nitrogens with zero attached hydrogens (tertiary/aromatic N) is 2. The molecule has 90 valence electrons. The standard InChI is InChI=1S/C11H20N4O/c1-11(2,3)15-8-9(7-14-15)6-13-5-4-10(12)16/h7-8,13H,4-6H2,1-3H3,(H2,12,16). The molecular formula is C11H20N4O. The van der Waals surface area contributed by atoms with Crippen molar-refractivity contribution < 1.29 is 4.79 Å². The molecule has 3 N–H and O–H groups in total. The number of nitrogens with two attached hydrogens (primary N) is 1. The van der Waals surface area contributed by atoms with Crippen LogP contribution in [0.4, 0.5) is 0 Å². The Labute approximate surface area is 96.0 Å². The molecule has 16 heavy (non-hydrogen) atoms. The Morgan fingerprint density at radius 2 is 2.25 bits per heavy atom. The van der Waals surface area contributed by atoms with Crippen molar-refractivity contribution in [1.82, 2.24) is 15.1 Å². The molecule has 1 amide bonds. The highest BCUT2D eigenvalue weighted by molar-refractivity contribution is 5.73. The quantitative estimate of drug-likeness (QED) is 0.719. The fourth-order valence-corrected chi connectivity index (χ4v) is 1.26. The van der Waals surface area contributed by atoms with E-state index in [9.17, 15) is 4.79 Å². The van der Waals surface area contributed by atoms with Crippen LogP contribution in [0.2, 0.25) is 0 Å². The number of carbonyl (C=O) groups is 1. The number of hydrogen-bond acceptors (Lipinski definition) is 3. The Morgan fingerprint density at radius 1 is 1.56 bits per heavy atom. The first-order valence-electron chi connectivity index (χ1n) is 5.42. The molecule has 0 saturated carbocycles. The molecule has 0 radical (unpaired) electrons. The molecule has 1 aromatic heterocycles. The van der Waals surface area contributed by atoms with Crippen LogP contribution < -0.4 is 11.1 Å². The zero-order valence-corrected chi connectivity index (χ0v) is 10.2. The van der Waals surface area contributed by atoms with E-state index in [1.807, 2.05) is 17.1 Å². The predicted molar refractivity (Wildman–Crippen MR) is 62.7 cm³/mol. The van der Waals surface area contributed by atoms with Gasteiger partial charge in [-0.2, -0.15) is 5.10 Å². The largest absolute Gasteiger partial charge is 0.370 e. The molecule has 0 aliphatic heterocycles. The lowest BCUT2D eigenvalue weighted by Gasteiger charge is -2.18. The van der Waals surface area contributed by atoms with Crippen LogP contribution in [0.25, 0.3) is 0 Å². The lowest BCUT2D eigenvalue weighted by Crippen LogP contribution is -2.22. The summed E-state index contributed by atoms with van der Waals surface area (Å²) in [5, 5.41) is 7.43. The molecular weight excluding hydrogens is 204 g/mol. The number of primary amides is 1. The van der Waals surface area contributed by atoms with Gasteiger partial charge in [-0.1, -0.05) is 0 Å². The third kappa shape index (κ3) is 4.02. The summed E-state index contributed by atoms with van der Waals surface area (Å²) in [5.41, 5.74) is 6.15. The summed E-state index contributed by atoms with van der Waals surface area (Å²) in [6.45, 7) is 7.62. The molecule has 0 bridgehead atoms. The van der Waals surface area contributed by atoms with Gasteiger partial charge < -0.3 is 11.1 Å². The second kappa shape index (κ2) is 5.12. The van der Waals surface area contributed by atoms with Crippen molar-refractivity contribution in [2.24, 2.45) is 5.73 Å². The number of rotatable bonds is 5. The molecule has 1 rings (SSSR count). The molecule has 0 atom stereocenters. The number of aromatic nitrogens is 2. The molecule has 0 aromatic carbocycles. The molecule has 0 saturated heterocycles. The second-order valence-corrected chi connectivity index (χ2v) is 4.86. The molecule has 0 aliphatic rings. The predicted octanol–water partition coefficient (Wildman–Crippen LogP) is 0.603. The third-order valence-corrected chi connectivity index (χ3v) is 2.20. The highest BCUT2D eigenvalue weighted by Gasteiger charge is 2.13. The van der Waals surface area contributed by atoms with Crippen molar-refractivity contribution in [3.8, 4) is 0 Å². The van der Waals surface area contributed by atoms with Gasteiger partial charge in [0.2, 0.25) is 5.91 Å². The van der Waals surface area contributed by atoms with E-state index >= 15 is 0 Å². The summed E-state index contributed by atoms with van der Waals surface area (Å²) in [7, 11) is 0. The van der Waals surface area contributed by atoms with Crippen LogP contribution in [0, 0.1) is 0 Å². The van der Waals surface area contributed by atoms with E-state index in [0.29, 0.717) is 19.5 Å². The topological polar surface area (TPSA) is 72.9 Å². The first-order chi connectivity index (χ1) is 7.39. The van der Waals surface area contributed by atoms with Gasteiger partial charge in [-0.15, -0.1) is 0 Å². The van der Waals surface area contributed by atoms with Gasteiger partial charge in [-0.25, -0.2) is 0 Å². The highest BCUT2D eigenvalue weighted by atomic mass is 16.1. The van der Waals surface area contributed by atoms with E-state index < -0.39 is 0 Å². The summed E-state index contributed by atoms with van der Waals surface area (Å²) in [6, 6.07) is 0. The second-order valence-electron chi connectivity index (χ2n) is 4.86. The first-order valence-corrected chi connectivity index (χ1v) is 5.42. The third-order valence-electron chi connectivity index (χ3n) is 2.20. The Bertz CT molecular complexity index is 351. The molecule has 0 spiro atoms. The maximum Gasteiger partial charge on any atom is 0.218 e. The summed E-state index contributed by atoms with van der Waals surface area (Å²) in [6.07, 6.45) is 4.22. The van der Waals surface area contributed by atoms with Crippen LogP contribution in [0.3, 0.4) is 0 Å². The minimum Gasteiger partial charge on any atom is -0.370 e. The fourth-order valence-electron chi connectivity index (χ4n) is 1.26. The maximum atomic E-state index is 10.5. The summed E-state index contributed by atoms with van der Waals surface area (Å²) >= 11 is 0. The monoisotopic (exact) mass is 224 g/mol. The van der Waals surface area contributed by atoms with Crippen LogP contribution in [-0.4, -0.2) is 22.2 Å². The van der Waals surface area contributed by atoms with Gasteiger partial charge in [0.25, 0.3) is 0 Å². The van der Waals surface area contributed by atoms with Crippen molar-refractivity contribution in [2.75, 3.05) is 6.54 Å². The molecule has 0 aliphatic carbocycles. The van der Waals surface area contributed by atoms with Gasteiger partial charge in [0, 0.05) is 31.3 Å². The van der Waals surface area contributed by atoms with Gasteiger partial charge in [0.05, 0.1) is 11.7 Å². The summed E-state index contributed by atoms with van der Waals surface area (Å²) in [4.78, 5) is 10.5. The Hall–Kier alpha value is -1.36. The summed E-state index contributed by atoms with van der Waals surface area (Å²) in [5.74, 6) is -0.280. The van der Waals surface area contributed by atoms with Gasteiger partial charge in [0.15, 0.2) is 0 Å². The Morgan fingerprint density at radius 3 is 2.75 bits per heavy atom. The van der Waals surface area contributed by atoms with Gasteiger partial charge in [0.1, 0.15) is 0 Å². The minimum absolute atomic E-state index is 0.00543. The summed E-state index contributed by atoms with van der Waals surface area (Å²) < 4.78 is 1.93. The molecule has 1 aromatic rings. The SMILES string of the molecule is CC(C)(C)n1cc(CNCCC(N)=O)cn1. The minimum atomic E-state index is -0.280. The van der Waals surface area contributed by atoms with Crippen molar-refractivity contribution in [2.45, 2.75) is 39.3 Å². The molecule has 1 heterocycles. The van der Waals surface area contributed by atoms with Crippen LogP contribution in [0.15, 0.2) is 12.4 Å². The van der Waals surface area contributed by atoms with E-state index in [4.69, 9.17) is 5.73 Å². The van der Waals surface area contributed by atoms with Gasteiger partial charge >= 0.3 is 0 Å². The number of hydrogen-bond donors (Lipinski definition) is 2. The van der Waals surface area contributed by atoms with Crippen molar-refractivity contribution in [1.29, 1.82) is 0 Å². The number of carbonyl (C=O) groups excluding carboxylic acids is 1. The van der Waals surface area contributed by atoms with E-state index in [1.165, 1.54) is 0 Å². The van der Waals surface area contributed by atoms with Crippen LogP contribution in [-0.2, 0) is 16.9 Å². The molecule has 5 nitrogen and oxygen atoms in total. The van der Waals surface area contributed by atoms with E-state index in [1.54, 1.807) is 0 Å². The fraction of sp³-hybridized carbons (Fsp3) is 0.636. The van der Waals surface area contributed by atoms with E-state index in [-0.39, 0.29) is 11.4 Å². The zero-order chi connectivity index (χ0) is 12.2. The zero-order valence-electron chi connectivity index (χ0n) is 10.2. The number of nitrogens with one attached hydrogen (secondary N) is 1. The lowest BCUT2D eigenvalue weighted by atomic mass is 10.1. The van der Waals surface area contributed by atoms with Crippen LogP contribution in [0.1, 0.15) is 32.8 Å². The van der Waals surface area contributed by atoms with Crippen molar-refractivity contribution in [3.63, 3.8) is 0 Å². The lowest BCUT2D eigenvalue weighted by molar-refractivity contribution is -0.117.